The second-order valence-corrected chi connectivity index (χ2v) is 2.50. The first-order chi connectivity index (χ1) is 4.63. The van der Waals surface area contributed by atoms with Crippen molar-refractivity contribution >= 4 is 0 Å². The molecule has 62 valence electrons. The Bertz CT molecular complexity index is 64.0. The van der Waals surface area contributed by atoms with Crippen LogP contribution in [0.5, 0.6) is 0 Å². The van der Waals surface area contributed by atoms with Crippen LogP contribution in [-0.4, -0.2) is 25.5 Å². The molecule has 0 amide bonds. The minimum Gasteiger partial charge on any atom is -0.376 e. The molecule has 0 aliphatic rings. The van der Waals surface area contributed by atoms with Crippen molar-refractivity contribution in [3.05, 3.63) is 0 Å². The maximum absolute atomic E-state index is 5.33. The molecule has 0 aliphatic carbocycles. The van der Waals surface area contributed by atoms with E-state index in [9.17, 15) is 0 Å². The van der Waals surface area contributed by atoms with E-state index in [2.05, 4.69) is 0 Å². The van der Waals surface area contributed by atoms with E-state index in [0.717, 1.165) is 0 Å². The Morgan fingerprint density at radius 3 is 2.00 bits per heavy atom. The summed E-state index contributed by atoms with van der Waals surface area (Å²) in [6.07, 6.45) is 0.0902. The molecule has 0 aromatic heterocycles. The van der Waals surface area contributed by atoms with Crippen molar-refractivity contribution in [2.45, 2.75) is 33.1 Å². The van der Waals surface area contributed by atoms with Crippen molar-refractivity contribution in [2.75, 3.05) is 13.2 Å². The van der Waals surface area contributed by atoms with Gasteiger partial charge in [0.1, 0.15) is 6.23 Å². The van der Waals surface area contributed by atoms with Crippen LogP contribution in [0.4, 0.5) is 0 Å². The van der Waals surface area contributed by atoms with Gasteiger partial charge in [-0.15, -0.1) is 0 Å². The first-order valence-electron chi connectivity index (χ1n) is 3.61. The summed E-state index contributed by atoms with van der Waals surface area (Å²) >= 11 is 0. The third-order valence-electron chi connectivity index (χ3n) is 0.915. The molecule has 1 atom stereocenters. The second-order valence-electron chi connectivity index (χ2n) is 2.50. The summed E-state index contributed by atoms with van der Waals surface area (Å²) in [6.45, 7) is 6.99. The molecule has 0 spiro atoms. The van der Waals surface area contributed by atoms with Crippen molar-refractivity contribution in [1.82, 2.24) is 0 Å². The van der Waals surface area contributed by atoms with Crippen molar-refractivity contribution in [1.29, 1.82) is 0 Å². The zero-order valence-electron chi connectivity index (χ0n) is 6.96. The fourth-order valence-electron chi connectivity index (χ4n) is 0.518. The van der Waals surface area contributed by atoms with Crippen LogP contribution >= 0.6 is 0 Å². The van der Waals surface area contributed by atoms with Crippen LogP contribution in [0.3, 0.4) is 0 Å². The Labute approximate surface area is 62.5 Å². The van der Waals surface area contributed by atoms with Crippen molar-refractivity contribution in [3.8, 4) is 0 Å². The quantitative estimate of drug-likeness (QED) is 0.460. The summed E-state index contributed by atoms with van der Waals surface area (Å²) in [5, 5.41) is 0. The van der Waals surface area contributed by atoms with Crippen molar-refractivity contribution in [2.24, 2.45) is 5.73 Å². The minimum atomic E-state index is -0.184. The normalized spacial score (nSPS) is 14.1. The average Bonchev–Trinajstić information content (AvgIpc) is 1.79. The van der Waals surface area contributed by atoms with Crippen LogP contribution in [0, 0.1) is 0 Å². The standard InChI is InChI=1S/C7H17NO2/c1-6(2)9-4-5-10-7(3)8/h6-7H,4-5,8H2,1-3H3. The highest BCUT2D eigenvalue weighted by Gasteiger charge is 1.94. The van der Waals surface area contributed by atoms with Crippen molar-refractivity contribution < 1.29 is 9.47 Å². The van der Waals surface area contributed by atoms with E-state index in [4.69, 9.17) is 15.2 Å². The SMILES string of the molecule is CC(C)OCCOC(C)N. The molecule has 10 heavy (non-hydrogen) atoms. The molecule has 2 N–H and O–H groups in total. The molecule has 0 rings (SSSR count). The Morgan fingerprint density at radius 2 is 1.60 bits per heavy atom. The average molecular weight is 147 g/mol. The van der Waals surface area contributed by atoms with Gasteiger partial charge in [0.05, 0.1) is 19.3 Å². The summed E-state index contributed by atoms with van der Waals surface area (Å²) in [7, 11) is 0. The van der Waals surface area contributed by atoms with Gasteiger partial charge in [0.15, 0.2) is 0 Å². The third-order valence-corrected chi connectivity index (χ3v) is 0.915. The van der Waals surface area contributed by atoms with Crippen LogP contribution < -0.4 is 5.73 Å². The smallest absolute Gasteiger partial charge is 0.102 e. The van der Waals surface area contributed by atoms with Gasteiger partial charge in [-0.05, 0) is 20.8 Å². The lowest BCUT2D eigenvalue weighted by molar-refractivity contribution is -0.00458. The lowest BCUT2D eigenvalue weighted by atomic mass is 10.5. The third kappa shape index (κ3) is 7.88. The number of hydrogen-bond acceptors (Lipinski definition) is 3. The summed E-state index contributed by atoms with van der Waals surface area (Å²) in [6, 6.07) is 0. The van der Waals surface area contributed by atoms with E-state index in [0.29, 0.717) is 13.2 Å². The molecule has 0 saturated heterocycles. The first-order valence-corrected chi connectivity index (χ1v) is 3.61. The number of nitrogens with two attached hydrogens (primary N) is 1. The van der Waals surface area contributed by atoms with Crippen molar-refractivity contribution in [3.63, 3.8) is 0 Å². The molecule has 0 radical (unpaired) electrons. The topological polar surface area (TPSA) is 44.5 Å². The molecule has 3 nitrogen and oxygen atoms in total. The predicted octanol–water partition coefficient (Wildman–Crippen LogP) is 0.733. The first kappa shape index (κ1) is 9.88. The number of hydrogen-bond donors (Lipinski definition) is 1. The summed E-state index contributed by atoms with van der Waals surface area (Å²) < 4.78 is 10.3. The lowest BCUT2D eigenvalue weighted by Gasteiger charge is -2.09. The molecule has 0 bridgehead atoms. The molecule has 1 unspecified atom stereocenters. The van der Waals surface area contributed by atoms with E-state index in [1.807, 2.05) is 13.8 Å². The van der Waals surface area contributed by atoms with Gasteiger partial charge >= 0.3 is 0 Å². The molecule has 0 heterocycles. The highest BCUT2D eigenvalue weighted by Crippen LogP contribution is 1.87. The largest absolute Gasteiger partial charge is 0.376 e. The number of rotatable bonds is 5. The van der Waals surface area contributed by atoms with E-state index >= 15 is 0 Å². The Hall–Kier alpha value is -0.120. The van der Waals surface area contributed by atoms with Gasteiger partial charge in [-0.25, -0.2) is 0 Å². The van der Waals surface area contributed by atoms with Gasteiger partial charge in [-0.1, -0.05) is 0 Å². The fourth-order valence-corrected chi connectivity index (χ4v) is 0.518. The molecular formula is C7H17NO2. The van der Waals surface area contributed by atoms with Gasteiger partial charge in [0, 0.05) is 0 Å². The molecule has 0 aliphatic heterocycles. The lowest BCUT2D eigenvalue weighted by Crippen LogP contribution is -2.22. The summed E-state index contributed by atoms with van der Waals surface area (Å²) in [4.78, 5) is 0. The zero-order valence-corrected chi connectivity index (χ0v) is 6.96. The van der Waals surface area contributed by atoms with Crippen LogP contribution in [0.2, 0.25) is 0 Å². The van der Waals surface area contributed by atoms with Gasteiger partial charge in [0.25, 0.3) is 0 Å². The molecular weight excluding hydrogens is 130 g/mol. The van der Waals surface area contributed by atoms with Gasteiger partial charge in [0.2, 0.25) is 0 Å². The minimum absolute atomic E-state index is 0.184. The maximum atomic E-state index is 5.33. The highest BCUT2D eigenvalue weighted by molar-refractivity contribution is 4.38. The Kier molecular flexibility index (Phi) is 5.58. The van der Waals surface area contributed by atoms with Crippen LogP contribution in [0.25, 0.3) is 0 Å². The predicted molar refractivity (Wildman–Crippen MR) is 40.7 cm³/mol. The van der Waals surface area contributed by atoms with E-state index in [1.54, 1.807) is 6.92 Å². The number of ether oxygens (including phenoxy) is 2. The van der Waals surface area contributed by atoms with Crippen LogP contribution in [-0.2, 0) is 9.47 Å². The zero-order chi connectivity index (χ0) is 7.98. The van der Waals surface area contributed by atoms with Crippen LogP contribution in [0.1, 0.15) is 20.8 Å². The second kappa shape index (κ2) is 5.65. The molecule has 0 fully saturated rings. The molecule has 0 aromatic carbocycles. The molecule has 3 heteroatoms. The molecule has 0 aromatic rings. The maximum Gasteiger partial charge on any atom is 0.102 e. The Balaban J connectivity index is 2.91. The van der Waals surface area contributed by atoms with Gasteiger partial charge in [-0.2, -0.15) is 0 Å². The van der Waals surface area contributed by atoms with E-state index < -0.39 is 0 Å². The summed E-state index contributed by atoms with van der Waals surface area (Å²) in [5.74, 6) is 0. The monoisotopic (exact) mass is 147 g/mol. The van der Waals surface area contributed by atoms with Gasteiger partial charge < -0.3 is 15.2 Å². The molecule has 0 saturated carbocycles. The fraction of sp³-hybridized carbons (Fsp3) is 1.00. The van der Waals surface area contributed by atoms with Gasteiger partial charge in [-0.3, -0.25) is 0 Å². The van der Waals surface area contributed by atoms with E-state index in [1.165, 1.54) is 0 Å². The highest BCUT2D eigenvalue weighted by atomic mass is 16.5. The summed E-state index contributed by atoms with van der Waals surface area (Å²) in [5.41, 5.74) is 5.33. The Morgan fingerprint density at radius 1 is 1.10 bits per heavy atom. The van der Waals surface area contributed by atoms with E-state index in [-0.39, 0.29) is 12.3 Å². The van der Waals surface area contributed by atoms with Crippen LogP contribution in [0.15, 0.2) is 0 Å².